The van der Waals surface area contributed by atoms with Gasteiger partial charge in [-0.2, -0.15) is 10.2 Å². The number of pyridine rings is 1. The first-order valence-corrected chi connectivity index (χ1v) is 5.24. The molecule has 0 spiro atoms. The average Bonchev–Trinajstić information content (AvgIpc) is 2.82. The van der Waals surface area contributed by atoms with Gasteiger partial charge in [0, 0.05) is 11.8 Å². The summed E-state index contributed by atoms with van der Waals surface area (Å²) >= 11 is 0. The Morgan fingerprint density at radius 2 is 2.00 bits per heavy atom. The first-order valence-electron chi connectivity index (χ1n) is 5.24. The summed E-state index contributed by atoms with van der Waals surface area (Å²) in [7, 11) is 0. The predicted octanol–water partition coefficient (Wildman–Crippen LogP) is 1.49. The third-order valence-corrected chi connectivity index (χ3v) is 2.65. The van der Waals surface area contributed by atoms with Gasteiger partial charge in [0.25, 0.3) is 0 Å². The molecule has 0 amide bonds. The molecule has 3 rings (SSSR count). The Balaban J connectivity index is 2.30. The molecule has 3 aromatic rings. The fourth-order valence-electron chi connectivity index (χ4n) is 1.83. The molecule has 3 heterocycles. The third-order valence-electron chi connectivity index (χ3n) is 2.65. The van der Waals surface area contributed by atoms with Crippen molar-refractivity contribution in [3.8, 4) is 11.3 Å². The summed E-state index contributed by atoms with van der Waals surface area (Å²) in [4.78, 5) is 15.4. The summed E-state index contributed by atoms with van der Waals surface area (Å²) < 4.78 is 1.81. The largest absolute Gasteiger partial charge is 0.478 e. The van der Waals surface area contributed by atoms with E-state index in [9.17, 15) is 4.79 Å². The number of rotatable bonds is 2. The number of imidazole rings is 1. The van der Waals surface area contributed by atoms with E-state index in [1.54, 1.807) is 6.20 Å². The summed E-state index contributed by atoms with van der Waals surface area (Å²) in [5.74, 6) is -1.04. The fourth-order valence-corrected chi connectivity index (χ4v) is 1.83. The van der Waals surface area contributed by atoms with Crippen LogP contribution in [0.2, 0.25) is 0 Å². The van der Waals surface area contributed by atoms with Crippen LogP contribution in [0.4, 0.5) is 0 Å². The summed E-state index contributed by atoms with van der Waals surface area (Å²) in [6.45, 7) is 0. The maximum atomic E-state index is 11.2. The number of carbonyl (C=O) groups is 1. The predicted molar refractivity (Wildman–Crippen MR) is 63.2 cm³/mol. The van der Waals surface area contributed by atoms with Crippen molar-refractivity contribution >= 4 is 11.6 Å². The van der Waals surface area contributed by atoms with Gasteiger partial charge in [-0.1, -0.05) is 6.07 Å². The Hall–Kier alpha value is -2.76. The van der Waals surface area contributed by atoms with E-state index in [1.807, 2.05) is 28.8 Å². The molecule has 1 N–H and O–H groups in total. The van der Waals surface area contributed by atoms with Crippen molar-refractivity contribution in [1.82, 2.24) is 19.6 Å². The zero-order valence-corrected chi connectivity index (χ0v) is 9.19. The number of fused-ring (bicyclic) bond motifs is 1. The molecule has 0 aliphatic heterocycles. The van der Waals surface area contributed by atoms with Crippen molar-refractivity contribution in [3.05, 3.63) is 48.5 Å². The lowest BCUT2D eigenvalue weighted by atomic mass is 10.1. The quantitative estimate of drug-likeness (QED) is 0.734. The maximum absolute atomic E-state index is 11.2. The molecule has 88 valence electrons. The van der Waals surface area contributed by atoms with Crippen LogP contribution in [0.15, 0.2) is 43.0 Å². The molecule has 0 unspecified atom stereocenters. The minimum Gasteiger partial charge on any atom is -0.478 e. The van der Waals surface area contributed by atoms with E-state index in [0.29, 0.717) is 11.3 Å². The molecule has 0 fully saturated rings. The highest BCUT2D eigenvalue weighted by molar-refractivity contribution is 5.95. The van der Waals surface area contributed by atoms with Crippen LogP contribution < -0.4 is 0 Å². The van der Waals surface area contributed by atoms with Crippen LogP contribution in [0, 0.1) is 0 Å². The summed E-state index contributed by atoms with van der Waals surface area (Å²) in [6, 6.07) is 5.57. The molecular weight excluding hydrogens is 232 g/mol. The summed E-state index contributed by atoms with van der Waals surface area (Å²) in [6.07, 6.45) is 6.11. The van der Waals surface area contributed by atoms with Crippen molar-refractivity contribution in [2.45, 2.75) is 0 Å². The highest BCUT2D eigenvalue weighted by atomic mass is 16.4. The zero-order valence-electron chi connectivity index (χ0n) is 9.19. The van der Waals surface area contributed by atoms with Gasteiger partial charge in [-0.25, -0.2) is 9.78 Å². The first-order chi connectivity index (χ1) is 8.77. The molecule has 18 heavy (non-hydrogen) atoms. The van der Waals surface area contributed by atoms with Crippen LogP contribution in [0.1, 0.15) is 10.4 Å². The van der Waals surface area contributed by atoms with Gasteiger partial charge in [0.15, 0.2) is 0 Å². The van der Waals surface area contributed by atoms with Crippen LogP contribution >= 0.6 is 0 Å². The number of nitrogens with zero attached hydrogens (tertiary/aromatic N) is 4. The second-order valence-electron chi connectivity index (χ2n) is 3.69. The minimum absolute atomic E-state index is 0.107. The molecule has 3 aromatic heterocycles. The number of carboxylic acid groups (broad SMARTS) is 1. The van der Waals surface area contributed by atoms with E-state index in [-0.39, 0.29) is 5.56 Å². The number of carboxylic acids is 1. The fraction of sp³-hybridized carbons (Fsp3) is 0. The van der Waals surface area contributed by atoms with Crippen LogP contribution in [0.5, 0.6) is 0 Å². The van der Waals surface area contributed by atoms with E-state index in [4.69, 9.17) is 5.11 Å². The topological polar surface area (TPSA) is 80.4 Å². The monoisotopic (exact) mass is 240 g/mol. The van der Waals surface area contributed by atoms with Crippen molar-refractivity contribution in [1.29, 1.82) is 0 Å². The van der Waals surface area contributed by atoms with Gasteiger partial charge >= 0.3 is 5.97 Å². The summed E-state index contributed by atoms with van der Waals surface area (Å²) in [5.41, 5.74) is 2.03. The van der Waals surface area contributed by atoms with E-state index >= 15 is 0 Å². The lowest BCUT2D eigenvalue weighted by Crippen LogP contribution is -2.02. The van der Waals surface area contributed by atoms with E-state index < -0.39 is 5.97 Å². The van der Waals surface area contributed by atoms with E-state index in [1.165, 1.54) is 12.4 Å². The van der Waals surface area contributed by atoms with Gasteiger partial charge in [-0.05, 0) is 12.1 Å². The first kappa shape index (κ1) is 10.4. The Labute approximate surface area is 102 Å². The van der Waals surface area contributed by atoms with Gasteiger partial charge in [0.2, 0.25) is 0 Å². The molecule has 0 radical (unpaired) electrons. The smallest absolute Gasteiger partial charge is 0.338 e. The van der Waals surface area contributed by atoms with Crippen LogP contribution in [-0.4, -0.2) is 30.7 Å². The minimum atomic E-state index is -1.04. The molecule has 0 aromatic carbocycles. The molecule has 0 atom stereocenters. The molecule has 0 bridgehead atoms. The molecule has 0 saturated carbocycles. The van der Waals surface area contributed by atoms with Crippen LogP contribution in [-0.2, 0) is 0 Å². The average molecular weight is 240 g/mol. The van der Waals surface area contributed by atoms with Crippen molar-refractivity contribution < 1.29 is 9.90 Å². The summed E-state index contributed by atoms with van der Waals surface area (Å²) in [5, 5.41) is 16.5. The lowest BCUT2D eigenvalue weighted by molar-refractivity contribution is 0.0697. The van der Waals surface area contributed by atoms with E-state index in [0.717, 1.165) is 5.65 Å². The Kier molecular flexibility index (Phi) is 2.26. The number of hydrogen-bond acceptors (Lipinski definition) is 4. The zero-order chi connectivity index (χ0) is 12.5. The molecular formula is C12H8N4O2. The Morgan fingerprint density at radius 1 is 1.17 bits per heavy atom. The van der Waals surface area contributed by atoms with Gasteiger partial charge in [0.05, 0.1) is 29.8 Å². The second-order valence-corrected chi connectivity index (χ2v) is 3.69. The maximum Gasteiger partial charge on any atom is 0.338 e. The molecule has 6 heteroatoms. The number of aromatic nitrogens is 4. The van der Waals surface area contributed by atoms with Gasteiger partial charge in [-0.15, -0.1) is 0 Å². The lowest BCUT2D eigenvalue weighted by Gasteiger charge is -2.04. The van der Waals surface area contributed by atoms with Crippen molar-refractivity contribution in [2.24, 2.45) is 0 Å². The standard InChI is InChI=1S/C12H8N4O2/c17-12(18)9-6-15-14-5-8(9)10-7-13-11-3-1-2-4-16(10)11/h1-7H,(H,17,18). The molecule has 0 saturated heterocycles. The van der Waals surface area contributed by atoms with Gasteiger partial charge in [0.1, 0.15) is 5.65 Å². The Morgan fingerprint density at radius 3 is 2.83 bits per heavy atom. The Bertz CT molecular complexity index is 736. The van der Waals surface area contributed by atoms with Gasteiger partial charge < -0.3 is 5.11 Å². The highest BCUT2D eigenvalue weighted by Crippen LogP contribution is 2.23. The number of hydrogen-bond donors (Lipinski definition) is 1. The molecule has 6 nitrogen and oxygen atoms in total. The van der Waals surface area contributed by atoms with Crippen LogP contribution in [0.25, 0.3) is 16.9 Å². The van der Waals surface area contributed by atoms with E-state index in [2.05, 4.69) is 15.2 Å². The normalized spacial score (nSPS) is 10.7. The highest BCUT2D eigenvalue weighted by Gasteiger charge is 2.15. The number of aromatic carboxylic acids is 1. The van der Waals surface area contributed by atoms with Gasteiger partial charge in [-0.3, -0.25) is 4.40 Å². The molecule has 0 aliphatic carbocycles. The molecule has 0 aliphatic rings. The van der Waals surface area contributed by atoms with Crippen molar-refractivity contribution in [3.63, 3.8) is 0 Å². The third kappa shape index (κ3) is 1.51. The second kappa shape index (κ2) is 3.92. The van der Waals surface area contributed by atoms with Crippen molar-refractivity contribution in [2.75, 3.05) is 0 Å². The van der Waals surface area contributed by atoms with Crippen LogP contribution in [0.3, 0.4) is 0 Å². The SMILES string of the molecule is O=C(O)c1cnncc1-c1cnc2ccccn12.